The Bertz CT molecular complexity index is 1540. The first-order chi connectivity index (χ1) is 17.6. The Morgan fingerprint density at radius 1 is 1.16 bits per heavy atom. The standard InChI is InChI=1S/C23H25N7O4S3/c1-13-12-17(27-28-20(13)26-22-24-15-6-4-5-7-16(15)35-22)29(2)23-25-18(21(31)32)19(36-23)14-8-10-30(11-9-14)37(3,33)34/h4-7,12,14H,8-11H2,1-3H3,(H,31,32)(H,24,26,28). The maximum atomic E-state index is 12.0. The fraction of sp³-hybridized carbons (Fsp3) is 0.348. The Morgan fingerprint density at radius 2 is 1.89 bits per heavy atom. The smallest absolute Gasteiger partial charge is 0.355 e. The number of nitrogens with one attached hydrogen (secondary N) is 1. The van der Waals surface area contributed by atoms with Crippen molar-refractivity contribution in [2.75, 3.05) is 36.6 Å². The number of fused-ring (bicyclic) bond motifs is 1. The summed E-state index contributed by atoms with van der Waals surface area (Å²) < 4.78 is 26.2. The number of piperidine rings is 1. The van der Waals surface area contributed by atoms with E-state index in [1.807, 2.05) is 37.3 Å². The van der Waals surface area contributed by atoms with E-state index in [1.165, 1.54) is 33.2 Å². The van der Waals surface area contributed by atoms with Gasteiger partial charge in [0.1, 0.15) is 0 Å². The first-order valence-electron chi connectivity index (χ1n) is 11.5. The van der Waals surface area contributed by atoms with Crippen LogP contribution in [0.5, 0.6) is 0 Å². The highest BCUT2D eigenvalue weighted by Crippen LogP contribution is 2.39. The van der Waals surface area contributed by atoms with E-state index in [2.05, 4.69) is 25.5 Å². The number of nitrogens with zero attached hydrogens (tertiary/aromatic N) is 6. The molecule has 0 spiro atoms. The van der Waals surface area contributed by atoms with Gasteiger partial charge in [0.2, 0.25) is 10.0 Å². The summed E-state index contributed by atoms with van der Waals surface area (Å²) in [4.78, 5) is 23.3. The van der Waals surface area contributed by atoms with Gasteiger partial charge in [0.05, 0.1) is 16.5 Å². The lowest BCUT2D eigenvalue weighted by atomic mass is 9.95. The first kappa shape index (κ1) is 25.4. The summed E-state index contributed by atoms with van der Waals surface area (Å²) in [6, 6.07) is 9.74. The number of aromatic carboxylic acids is 1. The van der Waals surface area contributed by atoms with Gasteiger partial charge in [0.15, 0.2) is 27.6 Å². The molecule has 4 heterocycles. The third-order valence-electron chi connectivity index (χ3n) is 6.26. The number of carboxylic acids is 1. The van der Waals surface area contributed by atoms with Gasteiger partial charge in [-0.1, -0.05) is 23.5 Å². The van der Waals surface area contributed by atoms with Crippen molar-refractivity contribution in [2.45, 2.75) is 25.7 Å². The van der Waals surface area contributed by atoms with Crippen molar-refractivity contribution in [1.82, 2.24) is 24.5 Å². The Balaban J connectivity index is 1.35. The second kappa shape index (κ2) is 9.93. The van der Waals surface area contributed by atoms with E-state index in [4.69, 9.17) is 0 Å². The number of rotatable bonds is 7. The number of aromatic nitrogens is 4. The van der Waals surface area contributed by atoms with E-state index in [0.717, 1.165) is 20.9 Å². The molecular formula is C23H25N7O4S3. The number of sulfonamides is 1. The van der Waals surface area contributed by atoms with Crippen molar-refractivity contribution < 1.29 is 18.3 Å². The van der Waals surface area contributed by atoms with Crippen LogP contribution in [-0.2, 0) is 10.0 Å². The summed E-state index contributed by atoms with van der Waals surface area (Å²) in [5.74, 6) is -0.0672. The first-order valence-corrected chi connectivity index (χ1v) is 15.0. The third-order valence-corrected chi connectivity index (χ3v) is 9.81. The van der Waals surface area contributed by atoms with Crippen LogP contribution in [0.1, 0.15) is 39.7 Å². The molecule has 1 fully saturated rings. The molecule has 37 heavy (non-hydrogen) atoms. The molecule has 0 amide bonds. The van der Waals surface area contributed by atoms with E-state index in [9.17, 15) is 18.3 Å². The van der Waals surface area contributed by atoms with Crippen LogP contribution in [0.4, 0.5) is 21.9 Å². The molecule has 0 bridgehead atoms. The Hall–Kier alpha value is -3.20. The van der Waals surface area contributed by atoms with Crippen molar-refractivity contribution >= 4 is 70.8 Å². The summed E-state index contributed by atoms with van der Waals surface area (Å²) >= 11 is 2.82. The van der Waals surface area contributed by atoms with E-state index < -0.39 is 16.0 Å². The molecule has 0 aliphatic carbocycles. The number of benzene rings is 1. The second-order valence-electron chi connectivity index (χ2n) is 8.86. The van der Waals surface area contributed by atoms with Crippen molar-refractivity contribution in [3.63, 3.8) is 0 Å². The summed E-state index contributed by atoms with van der Waals surface area (Å²) in [5.41, 5.74) is 1.76. The van der Waals surface area contributed by atoms with Crippen molar-refractivity contribution in [3.05, 3.63) is 46.5 Å². The van der Waals surface area contributed by atoms with Gasteiger partial charge < -0.3 is 15.3 Å². The van der Waals surface area contributed by atoms with Crippen LogP contribution in [-0.4, -0.2) is 70.4 Å². The van der Waals surface area contributed by atoms with Gasteiger partial charge in [-0.05, 0) is 49.4 Å². The minimum absolute atomic E-state index is 0.00320. The van der Waals surface area contributed by atoms with Crippen LogP contribution in [0.25, 0.3) is 10.2 Å². The third kappa shape index (κ3) is 5.28. The molecule has 0 unspecified atom stereocenters. The maximum absolute atomic E-state index is 12.0. The topological polar surface area (TPSA) is 142 Å². The van der Waals surface area contributed by atoms with Gasteiger partial charge in [-0.3, -0.25) is 0 Å². The van der Waals surface area contributed by atoms with E-state index in [1.54, 1.807) is 11.9 Å². The fourth-order valence-electron chi connectivity index (χ4n) is 4.23. The molecule has 1 aliphatic heterocycles. The van der Waals surface area contributed by atoms with Crippen LogP contribution in [0.2, 0.25) is 0 Å². The summed E-state index contributed by atoms with van der Waals surface area (Å²) in [6.07, 6.45) is 2.28. The molecule has 2 N–H and O–H groups in total. The second-order valence-corrected chi connectivity index (χ2v) is 12.9. The number of aryl methyl sites for hydroxylation is 1. The number of carbonyl (C=O) groups is 1. The quantitative estimate of drug-likeness (QED) is 0.338. The number of hydrogen-bond acceptors (Lipinski definition) is 11. The van der Waals surface area contributed by atoms with Crippen LogP contribution in [0.15, 0.2) is 30.3 Å². The lowest BCUT2D eigenvalue weighted by molar-refractivity contribution is 0.0689. The van der Waals surface area contributed by atoms with E-state index in [0.29, 0.717) is 47.6 Å². The molecular weight excluding hydrogens is 534 g/mol. The molecule has 3 aromatic heterocycles. The van der Waals surface area contributed by atoms with Crippen LogP contribution in [0.3, 0.4) is 0 Å². The van der Waals surface area contributed by atoms with E-state index in [-0.39, 0.29) is 11.6 Å². The van der Waals surface area contributed by atoms with Crippen molar-refractivity contribution in [1.29, 1.82) is 0 Å². The Labute approximate surface area is 221 Å². The minimum atomic E-state index is -3.26. The largest absolute Gasteiger partial charge is 0.476 e. The Morgan fingerprint density at radius 3 is 2.54 bits per heavy atom. The zero-order valence-corrected chi connectivity index (χ0v) is 22.8. The molecule has 194 valence electrons. The molecule has 1 aliphatic rings. The minimum Gasteiger partial charge on any atom is -0.476 e. The average molecular weight is 560 g/mol. The fourth-order valence-corrected chi connectivity index (χ4v) is 7.16. The van der Waals surface area contributed by atoms with Gasteiger partial charge in [-0.2, -0.15) is 0 Å². The number of para-hydroxylation sites is 1. The van der Waals surface area contributed by atoms with Gasteiger partial charge in [-0.25, -0.2) is 27.5 Å². The molecule has 5 rings (SSSR count). The Kier molecular flexibility index (Phi) is 6.83. The summed E-state index contributed by atoms with van der Waals surface area (Å²) in [5, 5.41) is 22.9. The molecule has 0 radical (unpaired) electrons. The van der Waals surface area contributed by atoms with Gasteiger partial charge in [-0.15, -0.1) is 21.5 Å². The maximum Gasteiger partial charge on any atom is 0.355 e. The average Bonchev–Trinajstić information content (AvgIpc) is 3.49. The number of thiazole rings is 2. The molecule has 1 aromatic carbocycles. The molecule has 0 atom stereocenters. The van der Waals surface area contributed by atoms with Crippen molar-refractivity contribution in [2.24, 2.45) is 0 Å². The highest BCUT2D eigenvalue weighted by molar-refractivity contribution is 7.88. The zero-order valence-electron chi connectivity index (χ0n) is 20.4. The van der Waals surface area contributed by atoms with E-state index >= 15 is 0 Å². The molecule has 4 aromatic rings. The SMILES string of the molecule is Cc1cc(N(C)c2nc(C(=O)O)c(C3CCN(S(C)(=O)=O)CC3)s2)nnc1Nc1nc2ccccc2s1. The number of hydrogen-bond donors (Lipinski definition) is 2. The predicted octanol–water partition coefficient (Wildman–Crippen LogP) is 4.20. The molecule has 11 nitrogen and oxygen atoms in total. The number of carboxylic acid groups (broad SMARTS) is 1. The lowest BCUT2D eigenvalue weighted by Crippen LogP contribution is -2.37. The zero-order chi connectivity index (χ0) is 26.3. The van der Waals surface area contributed by atoms with Gasteiger partial charge in [0.25, 0.3) is 0 Å². The summed E-state index contributed by atoms with van der Waals surface area (Å²) in [6.45, 7) is 2.63. The summed E-state index contributed by atoms with van der Waals surface area (Å²) in [7, 11) is -1.50. The predicted molar refractivity (Wildman–Crippen MR) is 145 cm³/mol. The highest BCUT2D eigenvalue weighted by Gasteiger charge is 2.31. The monoisotopic (exact) mass is 559 g/mol. The molecule has 14 heteroatoms. The van der Waals surface area contributed by atoms with Crippen LogP contribution in [0, 0.1) is 6.92 Å². The highest BCUT2D eigenvalue weighted by atomic mass is 32.2. The van der Waals surface area contributed by atoms with Gasteiger partial charge in [0, 0.05) is 25.0 Å². The number of anilines is 4. The molecule has 1 saturated heterocycles. The lowest BCUT2D eigenvalue weighted by Gasteiger charge is -2.29. The van der Waals surface area contributed by atoms with Crippen LogP contribution >= 0.6 is 22.7 Å². The molecule has 0 saturated carbocycles. The van der Waals surface area contributed by atoms with Crippen molar-refractivity contribution in [3.8, 4) is 0 Å². The van der Waals surface area contributed by atoms with Gasteiger partial charge >= 0.3 is 5.97 Å². The normalized spacial score (nSPS) is 15.2. The van der Waals surface area contributed by atoms with Crippen LogP contribution < -0.4 is 10.2 Å².